The number of amides is 3. The Balaban J connectivity index is 1.45. The van der Waals surface area contributed by atoms with Crippen LogP contribution in [0.15, 0.2) is 30.3 Å². The lowest BCUT2D eigenvalue weighted by Crippen LogP contribution is -2.55. The van der Waals surface area contributed by atoms with Crippen LogP contribution in [0.25, 0.3) is 0 Å². The Kier molecular flexibility index (Phi) is 8.51. The average Bonchev–Trinajstić information content (AvgIpc) is 2.77. The maximum absolute atomic E-state index is 13.1. The van der Waals surface area contributed by atoms with Crippen molar-refractivity contribution in [3.63, 3.8) is 0 Å². The molecule has 0 aliphatic carbocycles. The van der Waals surface area contributed by atoms with Crippen molar-refractivity contribution in [2.24, 2.45) is 11.8 Å². The van der Waals surface area contributed by atoms with Crippen LogP contribution in [0.3, 0.4) is 0 Å². The van der Waals surface area contributed by atoms with Crippen molar-refractivity contribution in [2.45, 2.75) is 39.3 Å². The average molecular weight is 417 g/mol. The van der Waals surface area contributed by atoms with Crippen molar-refractivity contribution in [1.29, 1.82) is 0 Å². The molecular formula is C23H36N4O3. The first-order chi connectivity index (χ1) is 14.5. The van der Waals surface area contributed by atoms with E-state index in [0.29, 0.717) is 12.5 Å². The van der Waals surface area contributed by atoms with Crippen LogP contribution in [-0.2, 0) is 16.1 Å². The lowest BCUT2D eigenvalue weighted by molar-refractivity contribution is -0.135. The van der Waals surface area contributed by atoms with E-state index in [1.54, 1.807) is 0 Å². The van der Waals surface area contributed by atoms with Gasteiger partial charge in [0.2, 0.25) is 5.91 Å². The summed E-state index contributed by atoms with van der Waals surface area (Å²) in [5, 5.41) is 5.76. The second kappa shape index (κ2) is 11.3. The van der Waals surface area contributed by atoms with Gasteiger partial charge >= 0.3 is 6.03 Å². The topological polar surface area (TPSA) is 73.9 Å². The van der Waals surface area contributed by atoms with E-state index in [1.807, 2.05) is 49.1 Å². The molecule has 1 aromatic rings. The summed E-state index contributed by atoms with van der Waals surface area (Å²) in [5.74, 6) is 0.697. The zero-order valence-electron chi connectivity index (χ0n) is 18.3. The molecule has 2 aliphatic heterocycles. The van der Waals surface area contributed by atoms with Crippen LogP contribution >= 0.6 is 0 Å². The second-order valence-corrected chi connectivity index (χ2v) is 8.72. The lowest BCUT2D eigenvalue weighted by Gasteiger charge is -2.37. The van der Waals surface area contributed by atoms with Crippen LogP contribution in [0.5, 0.6) is 0 Å². The molecule has 0 bridgehead atoms. The van der Waals surface area contributed by atoms with Crippen LogP contribution in [0.2, 0.25) is 0 Å². The quantitative estimate of drug-likeness (QED) is 0.714. The number of benzene rings is 1. The number of hydrogen-bond donors (Lipinski definition) is 2. The largest absolute Gasteiger partial charge is 0.379 e. The smallest absolute Gasteiger partial charge is 0.315 e. The maximum atomic E-state index is 13.1. The van der Waals surface area contributed by atoms with Crippen molar-refractivity contribution in [2.75, 3.05) is 45.9 Å². The molecule has 0 aromatic heterocycles. The van der Waals surface area contributed by atoms with Gasteiger partial charge in [0.15, 0.2) is 0 Å². The Morgan fingerprint density at radius 2 is 1.73 bits per heavy atom. The van der Waals surface area contributed by atoms with Crippen molar-refractivity contribution in [3.8, 4) is 0 Å². The number of likely N-dealkylation sites (tertiary alicyclic amines) is 1. The monoisotopic (exact) mass is 416 g/mol. The van der Waals surface area contributed by atoms with Gasteiger partial charge in [0.25, 0.3) is 0 Å². The molecule has 1 atom stereocenters. The minimum Gasteiger partial charge on any atom is -0.379 e. The fourth-order valence-corrected chi connectivity index (χ4v) is 4.17. The number of nitrogens with zero attached hydrogens (tertiary/aromatic N) is 2. The van der Waals surface area contributed by atoms with Crippen LogP contribution < -0.4 is 10.6 Å². The number of carbonyl (C=O) groups is 2. The molecule has 1 aromatic carbocycles. The summed E-state index contributed by atoms with van der Waals surface area (Å²) in [6, 6.07) is 8.96. The van der Waals surface area contributed by atoms with Gasteiger partial charge in [-0.15, -0.1) is 0 Å². The summed E-state index contributed by atoms with van der Waals surface area (Å²) < 4.78 is 5.43. The maximum Gasteiger partial charge on any atom is 0.315 e. The highest BCUT2D eigenvalue weighted by atomic mass is 16.5. The van der Waals surface area contributed by atoms with Crippen molar-refractivity contribution in [1.82, 2.24) is 20.4 Å². The van der Waals surface area contributed by atoms with Gasteiger partial charge in [-0.25, -0.2) is 4.79 Å². The van der Waals surface area contributed by atoms with Gasteiger partial charge in [-0.3, -0.25) is 9.69 Å². The van der Waals surface area contributed by atoms with Crippen LogP contribution in [0.1, 0.15) is 32.3 Å². The Morgan fingerprint density at radius 1 is 1.07 bits per heavy atom. The van der Waals surface area contributed by atoms with E-state index >= 15 is 0 Å². The number of nitrogens with one attached hydrogen (secondary N) is 2. The third-order valence-electron chi connectivity index (χ3n) is 6.06. The number of hydrogen-bond acceptors (Lipinski definition) is 4. The number of carbonyl (C=O) groups excluding carboxylic acids is 2. The fourth-order valence-electron chi connectivity index (χ4n) is 4.17. The van der Waals surface area contributed by atoms with E-state index in [0.717, 1.165) is 64.3 Å². The molecule has 30 heavy (non-hydrogen) atoms. The highest BCUT2D eigenvalue weighted by molar-refractivity contribution is 5.87. The molecule has 7 heteroatoms. The van der Waals surface area contributed by atoms with Crippen LogP contribution in [-0.4, -0.2) is 73.7 Å². The SMILES string of the molecule is CC(C)C(NC(=O)NCc1ccccc1)C(=O)N1CCC(CN2CCOCC2)CC1. The predicted molar refractivity (Wildman–Crippen MR) is 117 cm³/mol. The van der Waals surface area contributed by atoms with Crippen molar-refractivity contribution in [3.05, 3.63) is 35.9 Å². The zero-order chi connectivity index (χ0) is 21.3. The standard InChI is InChI=1S/C23H36N4O3/c1-18(2)21(25-23(29)24-16-19-6-4-3-5-7-19)22(28)27-10-8-20(9-11-27)17-26-12-14-30-15-13-26/h3-7,18,20-21H,8-17H2,1-2H3,(H2,24,25,29). The van der Waals surface area contributed by atoms with E-state index in [2.05, 4.69) is 15.5 Å². The summed E-state index contributed by atoms with van der Waals surface area (Å²) in [7, 11) is 0. The minimum absolute atomic E-state index is 0.0321. The number of piperidine rings is 1. The first-order valence-corrected chi connectivity index (χ1v) is 11.2. The number of rotatable bonds is 7. The Hall–Kier alpha value is -2.12. The highest BCUT2D eigenvalue weighted by Gasteiger charge is 2.31. The zero-order valence-corrected chi connectivity index (χ0v) is 18.3. The van der Waals surface area contributed by atoms with Crippen molar-refractivity contribution < 1.29 is 14.3 Å². The molecule has 2 aliphatic rings. The van der Waals surface area contributed by atoms with E-state index in [9.17, 15) is 9.59 Å². The van der Waals surface area contributed by atoms with Gasteiger partial charge in [0, 0.05) is 39.3 Å². The van der Waals surface area contributed by atoms with Gasteiger partial charge in [-0.1, -0.05) is 44.2 Å². The van der Waals surface area contributed by atoms with E-state index in [1.165, 1.54) is 0 Å². The van der Waals surface area contributed by atoms with E-state index in [-0.39, 0.29) is 17.9 Å². The summed E-state index contributed by atoms with van der Waals surface area (Å²) in [5.41, 5.74) is 1.03. The summed E-state index contributed by atoms with van der Waals surface area (Å²) in [4.78, 5) is 29.9. The third kappa shape index (κ3) is 6.71. The molecule has 1 unspecified atom stereocenters. The first-order valence-electron chi connectivity index (χ1n) is 11.2. The second-order valence-electron chi connectivity index (χ2n) is 8.72. The first kappa shape index (κ1) is 22.6. The number of urea groups is 1. The number of ether oxygens (including phenoxy) is 1. The van der Waals surface area contributed by atoms with E-state index in [4.69, 9.17) is 4.74 Å². The van der Waals surface area contributed by atoms with Crippen LogP contribution in [0, 0.1) is 11.8 Å². The number of morpholine rings is 1. The minimum atomic E-state index is -0.503. The Morgan fingerprint density at radius 3 is 2.37 bits per heavy atom. The molecule has 2 N–H and O–H groups in total. The molecular weight excluding hydrogens is 380 g/mol. The molecule has 0 saturated carbocycles. The Labute approximate surface area is 180 Å². The van der Waals surface area contributed by atoms with Gasteiger partial charge < -0.3 is 20.3 Å². The molecule has 2 fully saturated rings. The fraction of sp³-hybridized carbons (Fsp3) is 0.652. The molecule has 166 valence electrons. The lowest BCUT2D eigenvalue weighted by atomic mass is 9.94. The third-order valence-corrected chi connectivity index (χ3v) is 6.06. The predicted octanol–water partition coefficient (Wildman–Crippen LogP) is 2.08. The highest BCUT2D eigenvalue weighted by Crippen LogP contribution is 2.20. The molecule has 2 saturated heterocycles. The normalized spacial score (nSPS) is 19.5. The summed E-state index contributed by atoms with van der Waals surface area (Å²) in [6.07, 6.45) is 2.04. The van der Waals surface area contributed by atoms with E-state index < -0.39 is 6.04 Å². The van der Waals surface area contributed by atoms with Crippen molar-refractivity contribution >= 4 is 11.9 Å². The van der Waals surface area contributed by atoms with Gasteiger partial charge in [0.05, 0.1) is 13.2 Å². The van der Waals surface area contributed by atoms with Crippen LogP contribution in [0.4, 0.5) is 4.79 Å². The van der Waals surface area contributed by atoms with Gasteiger partial charge in [-0.2, -0.15) is 0 Å². The Bertz CT molecular complexity index is 668. The summed E-state index contributed by atoms with van der Waals surface area (Å²) >= 11 is 0. The molecule has 2 heterocycles. The summed E-state index contributed by atoms with van der Waals surface area (Å²) in [6.45, 7) is 10.7. The molecule has 7 nitrogen and oxygen atoms in total. The van der Waals surface area contributed by atoms with Gasteiger partial charge in [0.1, 0.15) is 6.04 Å². The molecule has 0 radical (unpaired) electrons. The van der Waals surface area contributed by atoms with Gasteiger partial charge in [-0.05, 0) is 30.2 Å². The molecule has 3 rings (SSSR count). The molecule has 3 amide bonds. The molecule has 0 spiro atoms.